The first-order valence-electron chi connectivity index (χ1n) is 7.77. The number of amides is 1. The second-order valence-corrected chi connectivity index (χ2v) is 6.60. The maximum atomic E-state index is 12.2. The second kappa shape index (κ2) is 7.77. The highest BCUT2D eigenvalue weighted by atomic mass is 35.5. The first kappa shape index (κ1) is 18.9. The monoisotopic (exact) mass is 408 g/mol. The van der Waals surface area contributed by atoms with Crippen LogP contribution in [0.5, 0.6) is 0 Å². The van der Waals surface area contributed by atoms with Crippen LogP contribution in [0.3, 0.4) is 0 Å². The van der Waals surface area contributed by atoms with E-state index in [2.05, 4.69) is 15.5 Å². The van der Waals surface area contributed by atoms with Crippen LogP contribution in [0.1, 0.15) is 11.3 Å². The summed E-state index contributed by atoms with van der Waals surface area (Å²) in [5.41, 5.74) is 1.82. The van der Waals surface area contributed by atoms with Crippen LogP contribution in [0.4, 0.5) is 11.5 Å². The normalized spacial score (nSPS) is 10.8. The molecule has 0 atom stereocenters. The molecule has 140 valence electrons. The van der Waals surface area contributed by atoms with Crippen molar-refractivity contribution in [3.63, 3.8) is 0 Å². The number of hydrogen-bond donors (Lipinski definition) is 1. The lowest BCUT2D eigenvalue weighted by Gasteiger charge is -2.04. The number of aromatic nitrogens is 4. The summed E-state index contributed by atoms with van der Waals surface area (Å²) in [7, 11) is 0. The number of benzene rings is 1. The van der Waals surface area contributed by atoms with E-state index in [-0.39, 0.29) is 12.4 Å². The molecule has 2 aromatic heterocycles. The topological polar surface area (TPSA) is 108 Å². The summed E-state index contributed by atoms with van der Waals surface area (Å²) in [6, 6.07) is 6.57. The highest BCUT2D eigenvalue weighted by Crippen LogP contribution is 2.23. The van der Waals surface area contributed by atoms with Gasteiger partial charge in [-0.2, -0.15) is 5.10 Å². The van der Waals surface area contributed by atoms with Gasteiger partial charge < -0.3 is 15.4 Å². The molecule has 0 aliphatic heterocycles. The first-order valence-corrected chi connectivity index (χ1v) is 8.52. The summed E-state index contributed by atoms with van der Waals surface area (Å²) in [6.45, 7) is 1.78. The number of rotatable bonds is 6. The van der Waals surface area contributed by atoms with E-state index in [9.17, 15) is 14.9 Å². The molecular weight excluding hydrogens is 395 g/mol. The molecule has 3 rings (SSSR count). The van der Waals surface area contributed by atoms with Crippen LogP contribution in [0.2, 0.25) is 10.0 Å². The van der Waals surface area contributed by atoms with E-state index in [1.165, 1.54) is 12.3 Å². The molecule has 2 heterocycles. The Morgan fingerprint density at radius 2 is 2.07 bits per heavy atom. The van der Waals surface area contributed by atoms with Crippen molar-refractivity contribution in [2.24, 2.45) is 0 Å². The molecule has 0 bridgehead atoms. The largest absolute Gasteiger partial charge is 0.358 e. The summed E-state index contributed by atoms with van der Waals surface area (Å²) in [4.78, 5) is 22.5. The molecule has 0 saturated heterocycles. The third-order valence-electron chi connectivity index (χ3n) is 3.61. The lowest BCUT2D eigenvalue weighted by molar-refractivity contribution is -0.392. The van der Waals surface area contributed by atoms with Crippen molar-refractivity contribution in [3.8, 4) is 0 Å². The molecule has 3 aromatic rings. The Morgan fingerprint density at radius 3 is 2.78 bits per heavy atom. The number of carbonyl (C=O) groups is 1. The van der Waals surface area contributed by atoms with E-state index in [0.29, 0.717) is 28.0 Å². The lowest BCUT2D eigenvalue weighted by Crippen LogP contribution is -2.20. The predicted molar refractivity (Wildman–Crippen MR) is 100 cm³/mol. The zero-order chi connectivity index (χ0) is 19.6. The number of hydrogen-bond acceptors (Lipinski definition) is 5. The van der Waals surface area contributed by atoms with E-state index in [1.807, 2.05) is 6.07 Å². The fraction of sp³-hybridized carbons (Fsp3) is 0.188. The number of anilines is 1. The molecule has 11 heteroatoms. The lowest BCUT2D eigenvalue weighted by atomic mass is 10.2. The zero-order valence-corrected chi connectivity index (χ0v) is 15.6. The summed E-state index contributed by atoms with van der Waals surface area (Å²) < 4.78 is 2.67. The van der Waals surface area contributed by atoms with Gasteiger partial charge in [-0.15, -0.1) is 4.68 Å². The molecule has 1 amide bonds. The van der Waals surface area contributed by atoms with Gasteiger partial charge in [0.15, 0.2) is 6.54 Å². The van der Waals surface area contributed by atoms with Crippen molar-refractivity contribution in [3.05, 3.63) is 68.1 Å². The van der Waals surface area contributed by atoms with Crippen LogP contribution < -0.4 is 5.32 Å². The molecule has 0 aliphatic rings. The van der Waals surface area contributed by atoms with E-state index in [4.69, 9.17) is 23.2 Å². The fourth-order valence-corrected chi connectivity index (χ4v) is 2.79. The van der Waals surface area contributed by atoms with E-state index >= 15 is 0 Å². The van der Waals surface area contributed by atoms with E-state index < -0.39 is 10.8 Å². The number of aryl methyl sites for hydroxylation is 1. The van der Waals surface area contributed by atoms with Crippen molar-refractivity contribution >= 4 is 40.6 Å². The van der Waals surface area contributed by atoms with Gasteiger partial charge in [0.1, 0.15) is 0 Å². The van der Waals surface area contributed by atoms with Crippen molar-refractivity contribution in [2.75, 3.05) is 5.32 Å². The Kier molecular flexibility index (Phi) is 5.43. The third kappa shape index (κ3) is 4.63. The predicted octanol–water partition coefficient (Wildman–Crippen LogP) is 3.29. The molecule has 1 aromatic carbocycles. The van der Waals surface area contributed by atoms with E-state index in [0.717, 1.165) is 10.2 Å². The van der Waals surface area contributed by atoms with Crippen molar-refractivity contribution < 1.29 is 9.72 Å². The molecule has 9 nitrogen and oxygen atoms in total. The van der Waals surface area contributed by atoms with Crippen LogP contribution in [-0.4, -0.2) is 30.4 Å². The molecule has 0 unspecified atom stereocenters. The first-order chi connectivity index (χ1) is 12.8. The van der Waals surface area contributed by atoms with Gasteiger partial charge in [0.25, 0.3) is 5.91 Å². The fourth-order valence-electron chi connectivity index (χ4n) is 2.47. The third-order valence-corrected chi connectivity index (χ3v) is 4.35. The highest BCUT2D eigenvalue weighted by Gasteiger charge is 2.19. The van der Waals surface area contributed by atoms with Gasteiger partial charge in [0.05, 0.1) is 40.2 Å². The van der Waals surface area contributed by atoms with Crippen LogP contribution in [0.15, 0.2) is 36.7 Å². The van der Waals surface area contributed by atoms with Crippen molar-refractivity contribution in [1.29, 1.82) is 0 Å². The Hall–Kier alpha value is -2.91. The molecule has 0 spiro atoms. The van der Waals surface area contributed by atoms with Gasteiger partial charge in [-0.1, -0.05) is 34.4 Å². The van der Waals surface area contributed by atoms with Crippen LogP contribution in [-0.2, 0) is 17.9 Å². The Balaban J connectivity index is 1.64. The van der Waals surface area contributed by atoms with Gasteiger partial charge in [0.2, 0.25) is 0 Å². The zero-order valence-electron chi connectivity index (χ0n) is 14.1. The summed E-state index contributed by atoms with van der Waals surface area (Å²) in [5, 5.41) is 22.7. The highest BCUT2D eigenvalue weighted by molar-refractivity contribution is 6.42. The minimum atomic E-state index is -0.581. The number of nitro groups is 1. The van der Waals surface area contributed by atoms with Gasteiger partial charge in [0, 0.05) is 6.20 Å². The number of carbonyl (C=O) groups excluding carboxylic acids is 1. The second-order valence-electron chi connectivity index (χ2n) is 5.78. The standard InChI is InChI=1S/C16H14Cl2N6O3/c1-10-4-16(24(26)27)23(21-10)9-15(25)20-12-6-19-22(8-12)7-11-2-3-13(17)14(18)5-11/h2-6,8H,7,9H2,1H3,(H,20,25). The van der Waals surface area contributed by atoms with Gasteiger partial charge in [-0.3, -0.25) is 9.48 Å². The SMILES string of the molecule is Cc1cc([N+](=O)[O-])n(CC(=O)Nc2cnn(Cc3ccc(Cl)c(Cl)c3)c2)n1. The van der Waals surface area contributed by atoms with Crippen molar-refractivity contribution in [1.82, 2.24) is 19.6 Å². The van der Waals surface area contributed by atoms with Crippen LogP contribution in [0, 0.1) is 17.0 Å². The molecule has 0 aliphatic carbocycles. The summed E-state index contributed by atoms with van der Waals surface area (Å²) in [6.07, 6.45) is 3.13. The molecule has 1 N–H and O–H groups in total. The molecular formula is C16H14Cl2N6O3. The average Bonchev–Trinajstić information content (AvgIpc) is 3.17. The van der Waals surface area contributed by atoms with Crippen LogP contribution in [0.25, 0.3) is 0 Å². The number of halogens is 2. The van der Waals surface area contributed by atoms with Gasteiger partial charge in [-0.05, 0) is 29.5 Å². The Labute approximate surface area is 163 Å². The minimum Gasteiger partial charge on any atom is -0.358 e. The average molecular weight is 409 g/mol. The molecule has 0 fully saturated rings. The molecule has 27 heavy (non-hydrogen) atoms. The maximum absolute atomic E-state index is 12.2. The minimum absolute atomic E-state index is 0.238. The number of nitrogens with zero attached hydrogens (tertiary/aromatic N) is 5. The summed E-state index contributed by atoms with van der Waals surface area (Å²) >= 11 is 11.9. The van der Waals surface area contributed by atoms with Crippen molar-refractivity contribution in [2.45, 2.75) is 20.0 Å². The quantitative estimate of drug-likeness (QED) is 0.497. The smallest absolute Gasteiger partial charge is 0.345 e. The van der Waals surface area contributed by atoms with Gasteiger partial charge >= 0.3 is 5.82 Å². The molecule has 0 saturated carbocycles. The molecule has 0 radical (unpaired) electrons. The van der Waals surface area contributed by atoms with Gasteiger partial charge in [-0.25, -0.2) is 0 Å². The summed E-state index contributed by atoms with van der Waals surface area (Å²) in [5.74, 6) is -0.687. The van der Waals surface area contributed by atoms with E-state index in [1.54, 1.807) is 29.9 Å². The number of nitrogens with one attached hydrogen (secondary N) is 1. The Bertz CT molecular complexity index is 1010. The Morgan fingerprint density at radius 1 is 1.30 bits per heavy atom. The van der Waals surface area contributed by atoms with Crippen LogP contribution >= 0.6 is 23.2 Å². The maximum Gasteiger partial charge on any atom is 0.345 e.